The molecule has 0 saturated heterocycles. The first kappa shape index (κ1) is 16.8. The molecule has 0 aliphatic rings. The van der Waals surface area contributed by atoms with Gasteiger partial charge in [-0.2, -0.15) is 0 Å². The molecule has 4 nitrogen and oxygen atoms in total. The van der Waals surface area contributed by atoms with Crippen LogP contribution in [0.25, 0.3) is 6.08 Å². The second-order valence-corrected chi connectivity index (χ2v) is 6.34. The lowest BCUT2D eigenvalue weighted by Crippen LogP contribution is -2.02. The molecule has 0 bridgehead atoms. The molecule has 1 rings (SSSR count). The highest BCUT2D eigenvalue weighted by Gasteiger charge is 2.30. The van der Waals surface area contributed by atoms with Crippen LogP contribution in [0.4, 0.5) is 0 Å². The van der Waals surface area contributed by atoms with Crippen molar-refractivity contribution in [3.8, 4) is 0 Å². The molecular formula is C15H21O4P. The molecule has 110 valence electrons. The van der Waals surface area contributed by atoms with E-state index in [1.54, 1.807) is 19.9 Å². The predicted octanol–water partition coefficient (Wildman–Crippen LogP) is 4.27. The molecule has 0 spiro atoms. The van der Waals surface area contributed by atoms with E-state index in [2.05, 4.69) is 0 Å². The summed E-state index contributed by atoms with van der Waals surface area (Å²) in [6, 6.07) is 9.41. The van der Waals surface area contributed by atoms with Gasteiger partial charge in [-0.25, -0.2) is 0 Å². The van der Waals surface area contributed by atoms with Gasteiger partial charge in [-0.3, -0.25) is 9.36 Å². The Kier molecular flexibility index (Phi) is 6.86. The summed E-state index contributed by atoms with van der Waals surface area (Å²) in [5.41, 5.74) is 0.864. The molecule has 1 aromatic rings. The highest BCUT2D eigenvalue weighted by molar-refractivity contribution is 7.58. The van der Waals surface area contributed by atoms with Gasteiger partial charge < -0.3 is 9.05 Å². The van der Waals surface area contributed by atoms with Gasteiger partial charge in [0.25, 0.3) is 0 Å². The summed E-state index contributed by atoms with van der Waals surface area (Å²) in [6.45, 7) is 5.49. The molecule has 0 unspecified atom stereocenters. The molecule has 0 aliphatic heterocycles. The fraction of sp³-hybridized carbons (Fsp3) is 0.400. The number of benzene rings is 1. The topological polar surface area (TPSA) is 52.6 Å². The summed E-state index contributed by atoms with van der Waals surface area (Å²) in [5.74, 6) is -0.0770. The average Bonchev–Trinajstić information content (AvgIpc) is 2.39. The third-order valence-electron chi connectivity index (χ3n) is 2.51. The number of hydrogen-bond acceptors (Lipinski definition) is 4. The first-order chi connectivity index (χ1) is 9.51. The smallest absolute Gasteiger partial charge is 0.306 e. The minimum Gasteiger partial charge on any atom is -0.306 e. The van der Waals surface area contributed by atoms with E-state index in [1.165, 1.54) is 6.92 Å². The Morgan fingerprint density at radius 3 is 2.15 bits per heavy atom. The molecule has 1 aromatic carbocycles. The number of Topliss-reactive ketones (excluding diaryl/α,β-unsaturated/α-hetero) is 1. The van der Waals surface area contributed by atoms with Gasteiger partial charge in [0.1, 0.15) is 5.78 Å². The van der Waals surface area contributed by atoms with Crippen LogP contribution in [0.3, 0.4) is 0 Å². The third-order valence-corrected chi connectivity index (χ3v) is 4.70. The van der Waals surface area contributed by atoms with Crippen LogP contribution in [0.15, 0.2) is 35.6 Å². The monoisotopic (exact) mass is 296 g/mol. The van der Waals surface area contributed by atoms with Gasteiger partial charge in [-0.05, 0) is 32.4 Å². The van der Waals surface area contributed by atoms with Gasteiger partial charge >= 0.3 is 7.60 Å². The first-order valence-corrected chi connectivity index (χ1v) is 8.20. The Morgan fingerprint density at radius 2 is 1.70 bits per heavy atom. The minimum atomic E-state index is -3.41. The maximum atomic E-state index is 12.8. The zero-order chi connectivity index (χ0) is 15.0. The van der Waals surface area contributed by atoms with Crippen molar-refractivity contribution in [2.45, 2.75) is 27.2 Å². The second-order valence-electron chi connectivity index (χ2n) is 4.26. The third kappa shape index (κ3) is 5.04. The molecule has 20 heavy (non-hydrogen) atoms. The van der Waals surface area contributed by atoms with Crippen LogP contribution < -0.4 is 0 Å². The second kappa shape index (κ2) is 8.15. The van der Waals surface area contributed by atoms with E-state index < -0.39 is 7.60 Å². The fourth-order valence-electron chi connectivity index (χ4n) is 1.77. The molecule has 5 heteroatoms. The van der Waals surface area contributed by atoms with Crippen molar-refractivity contribution in [1.29, 1.82) is 0 Å². The molecule has 0 aliphatic carbocycles. The van der Waals surface area contributed by atoms with Crippen LogP contribution in [0.1, 0.15) is 32.8 Å². The van der Waals surface area contributed by atoms with Gasteiger partial charge in [0.15, 0.2) is 0 Å². The summed E-state index contributed by atoms with van der Waals surface area (Å²) < 4.78 is 23.4. The molecule has 0 heterocycles. The van der Waals surface area contributed by atoms with Crippen molar-refractivity contribution in [3.63, 3.8) is 0 Å². The number of ketones is 1. The van der Waals surface area contributed by atoms with Crippen molar-refractivity contribution in [2.24, 2.45) is 0 Å². The van der Waals surface area contributed by atoms with Crippen molar-refractivity contribution < 1.29 is 18.4 Å². The maximum absolute atomic E-state index is 12.8. The Morgan fingerprint density at radius 1 is 1.15 bits per heavy atom. The van der Waals surface area contributed by atoms with E-state index >= 15 is 0 Å². The lowest BCUT2D eigenvalue weighted by Gasteiger charge is -2.19. The number of rotatable bonds is 8. The molecular weight excluding hydrogens is 275 g/mol. The van der Waals surface area contributed by atoms with Crippen molar-refractivity contribution >= 4 is 19.5 Å². The van der Waals surface area contributed by atoms with Gasteiger partial charge in [-0.15, -0.1) is 0 Å². The van der Waals surface area contributed by atoms with Crippen molar-refractivity contribution in [1.82, 2.24) is 0 Å². The molecule has 0 amide bonds. The summed E-state index contributed by atoms with van der Waals surface area (Å²) >= 11 is 0. The van der Waals surface area contributed by atoms with Crippen molar-refractivity contribution in [2.75, 3.05) is 13.2 Å². The van der Waals surface area contributed by atoms with Crippen LogP contribution in [0, 0.1) is 0 Å². The van der Waals surface area contributed by atoms with Crippen molar-refractivity contribution in [3.05, 3.63) is 41.2 Å². The summed E-state index contributed by atoms with van der Waals surface area (Å²) in [6.07, 6.45) is 1.78. The van der Waals surface area contributed by atoms with E-state index in [1.807, 2.05) is 30.3 Å². The van der Waals surface area contributed by atoms with Crippen LogP contribution in [0.2, 0.25) is 0 Å². The number of carbonyl (C=O) groups excluding carboxylic acids is 1. The van der Waals surface area contributed by atoms with Gasteiger partial charge in [0.05, 0.1) is 13.2 Å². The Hall–Kier alpha value is -1.22. The van der Waals surface area contributed by atoms with E-state index in [-0.39, 0.29) is 25.4 Å². The quantitative estimate of drug-likeness (QED) is 0.672. The highest BCUT2D eigenvalue weighted by atomic mass is 31.2. The summed E-state index contributed by atoms with van der Waals surface area (Å²) in [7, 11) is -3.41. The fourth-order valence-corrected chi connectivity index (χ4v) is 3.58. The molecule has 0 N–H and O–H groups in total. The molecule has 0 aromatic heterocycles. The zero-order valence-electron chi connectivity index (χ0n) is 12.2. The number of allylic oxidation sites excluding steroid dienone is 1. The van der Waals surface area contributed by atoms with E-state index in [0.29, 0.717) is 5.31 Å². The molecule has 0 atom stereocenters. The largest absolute Gasteiger partial charge is 0.357 e. The lowest BCUT2D eigenvalue weighted by atomic mass is 10.2. The minimum absolute atomic E-state index is 0.0617. The first-order valence-electron chi connectivity index (χ1n) is 6.66. The molecule has 0 fully saturated rings. The number of carbonyl (C=O) groups is 1. The Balaban J connectivity index is 3.19. The zero-order valence-corrected chi connectivity index (χ0v) is 13.1. The van der Waals surface area contributed by atoms with Gasteiger partial charge in [-0.1, -0.05) is 30.3 Å². The predicted molar refractivity (Wildman–Crippen MR) is 80.6 cm³/mol. The molecule has 0 radical (unpaired) electrons. The highest BCUT2D eigenvalue weighted by Crippen LogP contribution is 2.57. The molecule has 0 saturated carbocycles. The van der Waals surface area contributed by atoms with E-state index in [4.69, 9.17) is 9.05 Å². The Bertz CT molecular complexity index is 498. The average molecular weight is 296 g/mol. The standard InChI is InChI=1S/C15H21O4P/c1-4-18-20(17,19-5-2)15(11-13(3)16)12-14-9-7-6-8-10-14/h6-10,12H,4-5,11H2,1-3H3/b15-12+. The van der Waals surface area contributed by atoms with Gasteiger partial charge in [0.2, 0.25) is 0 Å². The van der Waals surface area contributed by atoms with Gasteiger partial charge in [0, 0.05) is 11.7 Å². The summed E-state index contributed by atoms with van der Waals surface area (Å²) in [4.78, 5) is 11.4. The maximum Gasteiger partial charge on any atom is 0.357 e. The van der Waals surface area contributed by atoms with Crippen LogP contribution in [0.5, 0.6) is 0 Å². The Labute approximate surface area is 120 Å². The summed E-state index contributed by atoms with van der Waals surface area (Å²) in [5, 5.41) is 0.403. The number of hydrogen-bond donors (Lipinski definition) is 0. The van der Waals surface area contributed by atoms with Crippen LogP contribution in [-0.4, -0.2) is 19.0 Å². The normalized spacial score (nSPS) is 12.4. The van der Waals surface area contributed by atoms with Crippen LogP contribution in [-0.2, 0) is 18.4 Å². The van der Waals surface area contributed by atoms with E-state index in [0.717, 1.165) is 5.56 Å². The van der Waals surface area contributed by atoms with Crippen LogP contribution >= 0.6 is 7.60 Å². The van der Waals surface area contributed by atoms with E-state index in [9.17, 15) is 9.36 Å². The SMILES string of the molecule is CCOP(=O)(OCC)/C(=C/c1ccccc1)CC(C)=O. The lowest BCUT2D eigenvalue weighted by molar-refractivity contribution is -0.116.